The molecule has 2 aromatic heterocycles. The van der Waals surface area contributed by atoms with Gasteiger partial charge in [-0.1, -0.05) is 13.0 Å². The minimum Gasteiger partial charge on any atom is -0.389 e. The van der Waals surface area contributed by atoms with Crippen LogP contribution in [-0.4, -0.2) is 19.1 Å². The van der Waals surface area contributed by atoms with Crippen LogP contribution < -0.4 is 5.56 Å². The highest BCUT2D eigenvalue weighted by molar-refractivity contribution is 5.85. The molecule has 0 fully saturated rings. The van der Waals surface area contributed by atoms with Gasteiger partial charge < -0.3 is 5.11 Å². The molecule has 0 spiro atoms. The third kappa shape index (κ3) is 1.88. The average molecular weight is 285 g/mol. The van der Waals surface area contributed by atoms with Crippen LogP contribution in [0.4, 0.5) is 0 Å². The number of imidazole rings is 1. The summed E-state index contributed by atoms with van der Waals surface area (Å²) < 4.78 is 3.55. The van der Waals surface area contributed by atoms with E-state index < -0.39 is 6.10 Å². The SMILES string of the molecule is CCc1ncn2c3c(C(C)O)cc(C)cc3c(=O)n(C)c12. The summed E-state index contributed by atoms with van der Waals surface area (Å²) in [6, 6.07) is 3.80. The number of aliphatic hydroxyl groups excluding tert-OH is 1. The third-order valence-electron chi connectivity index (χ3n) is 3.98. The van der Waals surface area contributed by atoms with Crippen LogP contribution in [0.25, 0.3) is 16.6 Å². The van der Waals surface area contributed by atoms with E-state index in [1.54, 1.807) is 24.9 Å². The number of benzene rings is 1. The first-order valence-electron chi connectivity index (χ1n) is 7.13. The van der Waals surface area contributed by atoms with Gasteiger partial charge in [0.25, 0.3) is 5.56 Å². The number of hydrogen-bond donors (Lipinski definition) is 1. The Morgan fingerprint density at radius 3 is 2.71 bits per heavy atom. The van der Waals surface area contributed by atoms with Crippen molar-refractivity contribution in [3.63, 3.8) is 0 Å². The van der Waals surface area contributed by atoms with Crippen LogP contribution in [0.5, 0.6) is 0 Å². The van der Waals surface area contributed by atoms with E-state index in [1.807, 2.05) is 30.4 Å². The van der Waals surface area contributed by atoms with Gasteiger partial charge in [-0.25, -0.2) is 4.98 Å². The average Bonchev–Trinajstić information content (AvgIpc) is 2.87. The Morgan fingerprint density at radius 2 is 2.10 bits per heavy atom. The highest BCUT2D eigenvalue weighted by Crippen LogP contribution is 2.26. The lowest BCUT2D eigenvalue weighted by Crippen LogP contribution is -2.21. The van der Waals surface area contributed by atoms with Gasteiger partial charge in [0.15, 0.2) is 0 Å². The molecule has 0 saturated carbocycles. The molecule has 0 amide bonds. The lowest BCUT2D eigenvalue weighted by atomic mass is 10.0. The van der Waals surface area contributed by atoms with E-state index >= 15 is 0 Å². The molecule has 3 aromatic rings. The summed E-state index contributed by atoms with van der Waals surface area (Å²) in [7, 11) is 1.77. The van der Waals surface area contributed by atoms with Crippen molar-refractivity contribution in [2.45, 2.75) is 33.3 Å². The van der Waals surface area contributed by atoms with Crippen molar-refractivity contribution in [3.05, 3.63) is 45.6 Å². The molecular formula is C16H19N3O2. The number of rotatable bonds is 2. The Morgan fingerprint density at radius 1 is 1.38 bits per heavy atom. The van der Waals surface area contributed by atoms with Gasteiger partial charge in [-0.2, -0.15) is 0 Å². The van der Waals surface area contributed by atoms with Crippen molar-refractivity contribution in [2.75, 3.05) is 0 Å². The lowest BCUT2D eigenvalue weighted by molar-refractivity contribution is 0.200. The minimum absolute atomic E-state index is 0.0571. The first-order valence-corrected chi connectivity index (χ1v) is 7.13. The van der Waals surface area contributed by atoms with Crippen LogP contribution in [0, 0.1) is 6.92 Å². The molecule has 5 nitrogen and oxygen atoms in total. The van der Waals surface area contributed by atoms with Crippen molar-refractivity contribution >= 4 is 16.6 Å². The van der Waals surface area contributed by atoms with E-state index in [0.29, 0.717) is 5.39 Å². The molecule has 5 heteroatoms. The predicted molar refractivity (Wildman–Crippen MR) is 82.7 cm³/mol. The summed E-state index contributed by atoms with van der Waals surface area (Å²) in [5, 5.41) is 10.7. The van der Waals surface area contributed by atoms with E-state index in [1.165, 1.54) is 0 Å². The molecule has 0 bridgehead atoms. The normalized spacial score (nSPS) is 13.2. The second-order valence-electron chi connectivity index (χ2n) is 5.53. The van der Waals surface area contributed by atoms with Gasteiger partial charge in [-0.3, -0.25) is 13.8 Å². The van der Waals surface area contributed by atoms with Crippen molar-refractivity contribution in [1.29, 1.82) is 0 Å². The number of nitrogens with zero attached hydrogens (tertiary/aromatic N) is 3. The summed E-state index contributed by atoms with van der Waals surface area (Å²) in [5.74, 6) is 0. The Kier molecular flexibility index (Phi) is 3.10. The summed E-state index contributed by atoms with van der Waals surface area (Å²) >= 11 is 0. The van der Waals surface area contributed by atoms with Crippen molar-refractivity contribution in [2.24, 2.45) is 7.05 Å². The number of fused-ring (bicyclic) bond motifs is 3. The van der Waals surface area contributed by atoms with E-state index in [2.05, 4.69) is 4.98 Å². The second kappa shape index (κ2) is 4.70. The van der Waals surface area contributed by atoms with Gasteiger partial charge in [-0.15, -0.1) is 0 Å². The molecule has 3 rings (SSSR count). The molecule has 1 unspecified atom stereocenters. The van der Waals surface area contributed by atoms with Crippen LogP contribution >= 0.6 is 0 Å². The van der Waals surface area contributed by atoms with Crippen LogP contribution in [0.15, 0.2) is 23.3 Å². The standard InChI is InChI=1S/C16H19N3O2/c1-5-13-15-18(4)16(21)12-7-9(2)6-11(10(3)20)14(12)19(15)8-17-13/h6-8,10,20H,5H2,1-4H3. The Balaban J connectivity index is 2.66. The quantitative estimate of drug-likeness (QED) is 0.784. The Labute approximate surface area is 122 Å². The molecule has 1 aromatic carbocycles. The van der Waals surface area contributed by atoms with E-state index in [9.17, 15) is 9.90 Å². The summed E-state index contributed by atoms with van der Waals surface area (Å²) in [5.41, 5.74) is 4.09. The molecule has 110 valence electrons. The third-order valence-corrected chi connectivity index (χ3v) is 3.98. The first-order chi connectivity index (χ1) is 9.95. The monoisotopic (exact) mass is 285 g/mol. The maximum absolute atomic E-state index is 12.7. The first kappa shape index (κ1) is 13.8. The summed E-state index contributed by atoms with van der Waals surface area (Å²) in [4.78, 5) is 17.1. The van der Waals surface area contributed by atoms with Gasteiger partial charge in [0, 0.05) is 12.6 Å². The molecule has 0 aliphatic rings. The fourth-order valence-corrected chi connectivity index (χ4v) is 2.98. The molecule has 1 N–H and O–H groups in total. The molecule has 21 heavy (non-hydrogen) atoms. The maximum atomic E-state index is 12.7. The zero-order chi connectivity index (χ0) is 15.3. The maximum Gasteiger partial charge on any atom is 0.261 e. The van der Waals surface area contributed by atoms with E-state index in [0.717, 1.165) is 34.4 Å². The van der Waals surface area contributed by atoms with Crippen molar-refractivity contribution in [3.8, 4) is 0 Å². The lowest BCUT2D eigenvalue weighted by Gasteiger charge is -2.14. The smallest absolute Gasteiger partial charge is 0.261 e. The number of aliphatic hydroxyl groups is 1. The highest BCUT2D eigenvalue weighted by atomic mass is 16.3. The molecule has 1 atom stereocenters. The van der Waals surface area contributed by atoms with Gasteiger partial charge in [0.2, 0.25) is 0 Å². The second-order valence-corrected chi connectivity index (χ2v) is 5.53. The van der Waals surface area contributed by atoms with Crippen LogP contribution in [0.1, 0.15) is 36.8 Å². The van der Waals surface area contributed by atoms with Gasteiger partial charge in [0.1, 0.15) is 12.0 Å². The summed E-state index contributed by atoms with van der Waals surface area (Å²) in [6.07, 6.45) is 1.85. The van der Waals surface area contributed by atoms with Crippen LogP contribution in [0.2, 0.25) is 0 Å². The molecule has 0 aliphatic carbocycles. The van der Waals surface area contributed by atoms with Crippen molar-refractivity contribution < 1.29 is 5.11 Å². The van der Waals surface area contributed by atoms with E-state index in [-0.39, 0.29) is 5.56 Å². The zero-order valence-corrected chi connectivity index (χ0v) is 12.7. The largest absolute Gasteiger partial charge is 0.389 e. The Bertz CT molecular complexity index is 903. The molecule has 0 aliphatic heterocycles. The van der Waals surface area contributed by atoms with E-state index in [4.69, 9.17) is 0 Å². The predicted octanol–water partition coefficient (Wildman–Crippen LogP) is 2.11. The van der Waals surface area contributed by atoms with Gasteiger partial charge in [-0.05, 0) is 31.9 Å². The Hall–Kier alpha value is -2.14. The topological polar surface area (TPSA) is 59.5 Å². The van der Waals surface area contributed by atoms with Crippen LogP contribution in [0.3, 0.4) is 0 Å². The van der Waals surface area contributed by atoms with Crippen LogP contribution in [-0.2, 0) is 13.5 Å². The number of hydrogen-bond acceptors (Lipinski definition) is 3. The van der Waals surface area contributed by atoms with Gasteiger partial charge in [0.05, 0.1) is 22.7 Å². The fraction of sp³-hybridized carbons (Fsp3) is 0.375. The molecule has 0 radical (unpaired) electrons. The summed E-state index contributed by atoms with van der Waals surface area (Å²) in [6.45, 7) is 5.66. The zero-order valence-electron chi connectivity index (χ0n) is 12.7. The highest BCUT2D eigenvalue weighted by Gasteiger charge is 2.17. The number of aromatic nitrogens is 3. The minimum atomic E-state index is -0.643. The van der Waals surface area contributed by atoms with Gasteiger partial charge >= 0.3 is 0 Å². The molecular weight excluding hydrogens is 266 g/mol. The van der Waals surface area contributed by atoms with Crippen molar-refractivity contribution in [1.82, 2.24) is 14.0 Å². The number of aryl methyl sites for hydroxylation is 3. The fourth-order valence-electron chi connectivity index (χ4n) is 2.98. The molecule has 0 saturated heterocycles. The molecule has 2 heterocycles.